The Labute approximate surface area is 81.1 Å². The predicted octanol–water partition coefficient (Wildman–Crippen LogP) is 2.90. The Morgan fingerprint density at radius 2 is 2.00 bits per heavy atom. The molecule has 0 spiro atoms. The van der Waals surface area contributed by atoms with Gasteiger partial charge < -0.3 is 5.32 Å². The van der Waals surface area contributed by atoms with Crippen LogP contribution in [0.5, 0.6) is 0 Å². The van der Waals surface area contributed by atoms with Gasteiger partial charge >= 0.3 is 0 Å². The van der Waals surface area contributed by atoms with Crippen molar-refractivity contribution in [3.8, 4) is 0 Å². The quantitative estimate of drug-likeness (QED) is 0.653. The highest BCUT2D eigenvalue weighted by Gasteiger charge is 2.18. The van der Waals surface area contributed by atoms with Crippen LogP contribution in [0.4, 0.5) is 4.39 Å². The number of nitrogens with one attached hydrogen (secondary N) is 1. The van der Waals surface area contributed by atoms with Gasteiger partial charge in [0.05, 0.1) is 6.67 Å². The molecule has 0 amide bonds. The number of halogens is 1. The molecule has 0 aromatic rings. The summed E-state index contributed by atoms with van der Waals surface area (Å²) in [6.07, 6.45) is 7.58. The Morgan fingerprint density at radius 3 is 2.62 bits per heavy atom. The van der Waals surface area contributed by atoms with E-state index in [-0.39, 0.29) is 6.67 Å². The lowest BCUT2D eigenvalue weighted by molar-refractivity contribution is 0.279. The fourth-order valence-electron chi connectivity index (χ4n) is 2.20. The van der Waals surface area contributed by atoms with Crippen molar-refractivity contribution >= 4 is 0 Å². The smallest absolute Gasteiger partial charge is 0.0906 e. The number of rotatable bonds is 5. The lowest BCUT2D eigenvalue weighted by atomic mass is 9.84. The molecule has 1 aliphatic rings. The highest BCUT2D eigenvalue weighted by molar-refractivity contribution is 4.75. The first-order chi connectivity index (χ1) is 6.34. The van der Waals surface area contributed by atoms with Gasteiger partial charge in [-0.1, -0.05) is 19.3 Å². The fraction of sp³-hybridized carbons (Fsp3) is 1.00. The maximum Gasteiger partial charge on any atom is 0.0906 e. The second-order valence-corrected chi connectivity index (χ2v) is 4.18. The van der Waals surface area contributed by atoms with Gasteiger partial charge in [0, 0.05) is 6.04 Å². The highest BCUT2D eigenvalue weighted by atomic mass is 19.1. The SMILES string of the molecule is CC(NCCCF)C1CCCCC1. The molecule has 1 unspecified atom stereocenters. The summed E-state index contributed by atoms with van der Waals surface area (Å²) < 4.78 is 11.8. The molecule has 1 atom stereocenters. The minimum absolute atomic E-state index is 0.190. The van der Waals surface area contributed by atoms with Gasteiger partial charge in [-0.2, -0.15) is 0 Å². The third-order valence-electron chi connectivity index (χ3n) is 3.13. The van der Waals surface area contributed by atoms with E-state index in [0.717, 1.165) is 12.5 Å². The molecule has 0 saturated heterocycles. The first kappa shape index (κ1) is 11.0. The van der Waals surface area contributed by atoms with Gasteiger partial charge in [0.15, 0.2) is 0 Å². The summed E-state index contributed by atoms with van der Waals surface area (Å²) in [6.45, 7) is 2.90. The van der Waals surface area contributed by atoms with Gasteiger partial charge in [-0.3, -0.25) is 4.39 Å². The molecular weight excluding hydrogens is 165 g/mol. The summed E-state index contributed by atoms with van der Waals surface area (Å²) in [4.78, 5) is 0. The minimum Gasteiger partial charge on any atom is -0.314 e. The van der Waals surface area contributed by atoms with Gasteiger partial charge in [0.25, 0.3) is 0 Å². The van der Waals surface area contributed by atoms with Gasteiger partial charge in [0.2, 0.25) is 0 Å². The third kappa shape index (κ3) is 4.08. The van der Waals surface area contributed by atoms with Crippen LogP contribution in [-0.2, 0) is 0 Å². The van der Waals surface area contributed by atoms with Crippen LogP contribution in [0.2, 0.25) is 0 Å². The van der Waals surface area contributed by atoms with Crippen molar-refractivity contribution in [1.82, 2.24) is 5.32 Å². The van der Waals surface area contributed by atoms with E-state index in [1.807, 2.05) is 0 Å². The van der Waals surface area contributed by atoms with E-state index < -0.39 is 0 Å². The van der Waals surface area contributed by atoms with Crippen molar-refractivity contribution in [3.63, 3.8) is 0 Å². The zero-order chi connectivity index (χ0) is 9.52. The van der Waals surface area contributed by atoms with Crippen LogP contribution in [0.3, 0.4) is 0 Å². The van der Waals surface area contributed by atoms with Crippen LogP contribution in [0.1, 0.15) is 45.4 Å². The summed E-state index contributed by atoms with van der Waals surface area (Å²) in [5.74, 6) is 0.841. The lowest BCUT2D eigenvalue weighted by Gasteiger charge is -2.28. The van der Waals surface area contributed by atoms with Crippen LogP contribution in [0, 0.1) is 5.92 Å². The van der Waals surface area contributed by atoms with Crippen molar-refractivity contribution < 1.29 is 4.39 Å². The number of hydrogen-bond acceptors (Lipinski definition) is 1. The molecule has 0 aromatic carbocycles. The van der Waals surface area contributed by atoms with Gasteiger partial charge in [-0.05, 0) is 38.6 Å². The summed E-state index contributed by atoms with van der Waals surface area (Å²) in [7, 11) is 0. The van der Waals surface area contributed by atoms with Crippen LogP contribution in [0.25, 0.3) is 0 Å². The van der Waals surface area contributed by atoms with Crippen LogP contribution < -0.4 is 5.32 Å². The van der Waals surface area contributed by atoms with Crippen molar-refractivity contribution in [2.75, 3.05) is 13.2 Å². The molecule has 1 fully saturated rings. The highest BCUT2D eigenvalue weighted by Crippen LogP contribution is 2.26. The van der Waals surface area contributed by atoms with E-state index in [0.29, 0.717) is 12.5 Å². The molecule has 0 aliphatic heterocycles. The second-order valence-electron chi connectivity index (χ2n) is 4.18. The first-order valence-electron chi connectivity index (χ1n) is 5.64. The molecule has 1 nitrogen and oxygen atoms in total. The molecule has 0 bridgehead atoms. The van der Waals surface area contributed by atoms with Crippen LogP contribution >= 0.6 is 0 Å². The monoisotopic (exact) mass is 187 g/mol. The first-order valence-corrected chi connectivity index (χ1v) is 5.64. The molecular formula is C11H22FN. The zero-order valence-electron chi connectivity index (χ0n) is 8.69. The van der Waals surface area contributed by atoms with Crippen molar-refractivity contribution in [1.29, 1.82) is 0 Å². The van der Waals surface area contributed by atoms with Crippen molar-refractivity contribution in [3.05, 3.63) is 0 Å². The lowest BCUT2D eigenvalue weighted by Crippen LogP contribution is -2.35. The standard InChI is InChI=1S/C11H22FN/c1-10(13-9-5-8-12)11-6-3-2-4-7-11/h10-11,13H,2-9H2,1H3. The molecule has 2 heteroatoms. The molecule has 13 heavy (non-hydrogen) atoms. The average Bonchev–Trinajstić information content (AvgIpc) is 2.19. The number of hydrogen-bond donors (Lipinski definition) is 1. The molecule has 0 heterocycles. The molecule has 1 saturated carbocycles. The molecule has 1 aliphatic carbocycles. The van der Waals surface area contributed by atoms with E-state index in [4.69, 9.17) is 0 Å². The fourth-order valence-corrected chi connectivity index (χ4v) is 2.20. The summed E-state index contributed by atoms with van der Waals surface area (Å²) in [5.41, 5.74) is 0. The molecule has 0 aromatic heterocycles. The van der Waals surface area contributed by atoms with E-state index in [1.54, 1.807) is 0 Å². The predicted molar refractivity (Wildman–Crippen MR) is 54.6 cm³/mol. The molecule has 0 radical (unpaired) electrons. The maximum atomic E-state index is 11.8. The largest absolute Gasteiger partial charge is 0.314 e. The minimum atomic E-state index is -0.190. The van der Waals surface area contributed by atoms with Crippen LogP contribution in [0.15, 0.2) is 0 Å². The van der Waals surface area contributed by atoms with E-state index in [2.05, 4.69) is 12.2 Å². The Hall–Kier alpha value is -0.110. The van der Waals surface area contributed by atoms with E-state index >= 15 is 0 Å². The average molecular weight is 187 g/mol. The Morgan fingerprint density at radius 1 is 1.31 bits per heavy atom. The Balaban J connectivity index is 2.09. The topological polar surface area (TPSA) is 12.0 Å². The summed E-state index contributed by atoms with van der Waals surface area (Å²) in [5, 5.41) is 3.41. The van der Waals surface area contributed by atoms with E-state index in [9.17, 15) is 4.39 Å². The molecule has 78 valence electrons. The van der Waals surface area contributed by atoms with Gasteiger partial charge in [-0.15, -0.1) is 0 Å². The third-order valence-corrected chi connectivity index (χ3v) is 3.13. The van der Waals surface area contributed by atoms with Crippen LogP contribution in [-0.4, -0.2) is 19.3 Å². The van der Waals surface area contributed by atoms with Gasteiger partial charge in [0.1, 0.15) is 0 Å². The zero-order valence-corrected chi connectivity index (χ0v) is 8.69. The molecule has 1 N–H and O–H groups in total. The normalized spacial score (nSPS) is 21.7. The van der Waals surface area contributed by atoms with Crippen molar-refractivity contribution in [2.45, 2.75) is 51.5 Å². The maximum absolute atomic E-state index is 11.8. The summed E-state index contributed by atoms with van der Waals surface area (Å²) in [6, 6.07) is 0.590. The Bertz CT molecular complexity index is 121. The summed E-state index contributed by atoms with van der Waals surface area (Å²) >= 11 is 0. The molecule has 1 rings (SSSR count). The van der Waals surface area contributed by atoms with Gasteiger partial charge in [-0.25, -0.2) is 0 Å². The van der Waals surface area contributed by atoms with Crippen molar-refractivity contribution in [2.24, 2.45) is 5.92 Å². The van der Waals surface area contributed by atoms with E-state index in [1.165, 1.54) is 32.1 Å². The number of alkyl halides is 1. The Kier molecular flexibility index (Phi) is 5.37. The second kappa shape index (κ2) is 6.36.